The predicted molar refractivity (Wildman–Crippen MR) is 98.0 cm³/mol. The lowest BCUT2D eigenvalue weighted by atomic mass is 10.1. The topological polar surface area (TPSA) is 64.0 Å². The smallest absolute Gasteiger partial charge is 0.241 e. The molecule has 0 fully saturated rings. The molecule has 0 saturated heterocycles. The van der Waals surface area contributed by atoms with E-state index in [0.717, 1.165) is 11.1 Å². The van der Waals surface area contributed by atoms with E-state index in [4.69, 9.17) is 11.6 Å². The van der Waals surface area contributed by atoms with Crippen molar-refractivity contribution in [2.45, 2.75) is 17.9 Å². The number of hydrogen-bond donors (Lipinski definition) is 1. The van der Waals surface area contributed by atoms with Crippen LogP contribution in [-0.2, 0) is 17.1 Å². The molecule has 0 bridgehead atoms. The Bertz CT molecular complexity index is 964. The molecule has 3 rings (SSSR count). The van der Waals surface area contributed by atoms with Gasteiger partial charge in [-0.1, -0.05) is 41.4 Å². The summed E-state index contributed by atoms with van der Waals surface area (Å²) < 4.78 is 30.2. The fraction of sp³-hybridized carbons (Fsp3) is 0.167. The van der Waals surface area contributed by atoms with Crippen molar-refractivity contribution in [1.29, 1.82) is 0 Å². The van der Waals surface area contributed by atoms with Crippen LogP contribution in [0, 0.1) is 6.92 Å². The van der Waals surface area contributed by atoms with E-state index in [1.807, 2.05) is 14.0 Å². The van der Waals surface area contributed by atoms with E-state index in [0.29, 0.717) is 10.8 Å². The van der Waals surface area contributed by atoms with Gasteiger partial charge in [-0.2, -0.15) is 4.72 Å². The second-order valence-corrected chi connectivity index (χ2v) is 7.97. The van der Waals surface area contributed by atoms with Crippen LogP contribution < -0.4 is 4.72 Å². The minimum Gasteiger partial charge on any atom is -0.336 e. The fourth-order valence-electron chi connectivity index (χ4n) is 2.52. The van der Waals surface area contributed by atoms with Crippen molar-refractivity contribution in [3.63, 3.8) is 0 Å². The Labute approximate surface area is 152 Å². The molecule has 0 spiro atoms. The summed E-state index contributed by atoms with van der Waals surface area (Å²) in [6.07, 6.45) is 3.41. The zero-order valence-electron chi connectivity index (χ0n) is 13.8. The first-order chi connectivity index (χ1) is 11.9. The van der Waals surface area contributed by atoms with E-state index in [9.17, 15) is 8.42 Å². The molecule has 1 aromatic heterocycles. The summed E-state index contributed by atoms with van der Waals surface area (Å²) in [7, 11) is -1.89. The maximum atomic E-state index is 12.8. The number of benzene rings is 2. The van der Waals surface area contributed by atoms with Crippen LogP contribution in [0.3, 0.4) is 0 Å². The van der Waals surface area contributed by atoms with E-state index < -0.39 is 16.1 Å². The van der Waals surface area contributed by atoms with Gasteiger partial charge in [-0.3, -0.25) is 0 Å². The van der Waals surface area contributed by atoms with Crippen LogP contribution in [0.4, 0.5) is 0 Å². The third kappa shape index (κ3) is 3.92. The summed E-state index contributed by atoms with van der Waals surface area (Å²) in [4.78, 5) is 4.52. The molecule has 0 unspecified atom stereocenters. The molecule has 0 aliphatic heterocycles. The van der Waals surface area contributed by atoms with Crippen molar-refractivity contribution in [3.8, 4) is 0 Å². The number of rotatable bonds is 5. The van der Waals surface area contributed by atoms with Gasteiger partial charge in [0.15, 0.2) is 0 Å². The summed E-state index contributed by atoms with van der Waals surface area (Å²) in [5.41, 5.74) is 1.76. The highest BCUT2D eigenvalue weighted by Crippen LogP contribution is 2.24. The van der Waals surface area contributed by atoms with Crippen LogP contribution in [0.1, 0.15) is 23.0 Å². The van der Waals surface area contributed by atoms with Crippen LogP contribution in [-0.4, -0.2) is 18.0 Å². The van der Waals surface area contributed by atoms with E-state index in [1.54, 1.807) is 65.5 Å². The van der Waals surface area contributed by atoms with Crippen molar-refractivity contribution < 1.29 is 8.42 Å². The Kier molecular flexibility index (Phi) is 4.94. The van der Waals surface area contributed by atoms with E-state index in [1.165, 1.54) is 0 Å². The molecular formula is C18H18ClN3O2S. The fourth-order valence-corrected chi connectivity index (χ4v) is 3.83. The van der Waals surface area contributed by atoms with E-state index in [-0.39, 0.29) is 4.90 Å². The standard InChI is InChI=1S/C18H18ClN3O2S/c1-13-3-9-16(10-4-13)25(23,24)21-17(18-20-11-12-22(18)2)14-5-7-15(19)8-6-14/h3-12,17,21H,1-2H3/t17-/m1/s1. The van der Waals surface area contributed by atoms with E-state index >= 15 is 0 Å². The zero-order valence-corrected chi connectivity index (χ0v) is 15.4. The molecule has 1 N–H and O–H groups in total. The number of halogens is 1. The predicted octanol–water partition coefficient (Wildman–Crippen LogP) is 3.45. The molecule has 5 nitrogen and oxygen atoms in total. The number of nitrogens with one attached hydrogen (secondary N) is 1. The van der Waals surface area contributed by atoms with Gasteiger partial charge in [0.25, 0.3) is 0 Å². The lowest BCUT2D eigenvalue weighted by Crippen LogP contribution is -2.31. The van der Waals surface area contributed by atoms with Gasteiger partial charge in [-0.25, -0.2) is 13.4 Å². The van der Waals surface area contributed by atoms with Crippen LogP contribution in [0.5, 0.6) is 0 Å². The van der Waals surface area contributed by atoms with Crippen LogP contribution >= 0.6 is 11.6 Å². The summed E-state index contributed by atoms with van der Waals surface area (Å²) in [5.74, 6) is 0.595. The van der Waals surface area contributed by atoms with E-state index in [2.05, 4.69) is 9.71 Å². The SMILES string of the molecule is Cc1ccc(S(=O)(=O)N[C@H](c2ccc(Cl)cc2)c2nccn2C)cc1. The maximum absolute atomic E-state index is 12.8. The number of imidazole rings is 1. The second kappa shape index (κ2) is 7.00. The average molecular weight is 376 g/mol. The van der Waals surface area contributed by atoms with Crippen LogP contribution in [0.15, 0.2) is 65.8 Å². The summed E-state index contributed by atoms with van der Waals surface area (Å²) in [6, 6.07) is 13.1. The van der Waals surface area contributed by atoms with Gasteiger partial charge in [0, 0.05) is 24.5 Å². The Morgan fingerprint density at radius 2 is 1.72 bits per heavy atom. The molecule has 0 amide bonds. The van der Waals surface area contributed by atoms with Crippen molar-refractivity contribution in [3.05, 3.63) is 82.9 Å². The van der Waals surface area contributed by atoms with Crippen LogP contribution in [0.2, 0.25) is 5.02 Å². The highest BCUT2D eigenvalue weighted by Gasteiger charge is 2.25. The second-order valence-electron chi connectivity index (χ2n) is 5.82. The first-order valence-corrected chi connectivity index (χ1v) is 9.54. The minimum absolute atomic E-state index is 0.214. The number of aromatic nitrogens is 2. The highest BCUT2D eigenvalue weighted by atomic mass is 35.5. The normalized spacial score (nSPS) is 12.9. The van der Waals surface area contributed by atoms with Gasteiger partial charge in [0.2, 0.25) is 10.0 Å². The lowest BCUT2D eigenvalue weighted by Gasteiger charge is -2.19. The van der Waals surface area contributed by atoms with Crippen molar-refractivity contribution in [1.82, 2.24) is 14.3 Å². The molecular weight excluding hydrogens is 358 g/mol. The molecule has 25 heavy (non-hydrogen) atoms. The molecule has 0 saturated carbocycles. The molecule has 0 radical (unpaired) electrons. The summed E-state index contributed by atoms with van der Waals surface area (Å²) in [5, 5.41) is 0.587. The zero-order chi connectivity index (χ0) is 18.0. The molecule has 1 atom stereocenters. The van der Waals surface area contributed by atoms with Crippen molar-refractivity contribution >= 4 is 21.6 Å². The van der Waals surface area contributed by atoms with Gasteiger partial charge < -0.3 is 4.57 Å². The monoisotopic (exact) mass is 375 g/mol. The molecule has 0 aliphatic carbocycles. The molecule has 3 aromatic rings. The largest absolute Gasteiger partial charge is 0.336 e. The average Bonchev–Trinajstić information content (AvgIpc) is 3.00. The number of sulfonamides is 1. The number of hydrogen-bond acceptors (Lipinski definition) is 3. The molecule has 2 aromatic carbocycles. The highest BCUT2D eigenvalue weighted by molar-refractivity contribution is 7.89. The molecule has 1 heterocycles. The quantitative estimate of drug-likeness (QED) is 0.742. The summed E-state index contributed by atoms with van der Waals surface area (Å²) in [6.45, 7) is 1.91. The lowest BCUT2D eigenvalue weighted by molar-refractivity contribution is 0.563. The van der Waals surface area contributed by atoms with Gasteiger partial charge >= 0.3 is 0 Å². The third-order valence-electron chi connectivity index (χ3n) is 3.92. The maximum Gasteiger partial charge on any atom is 0.241 e. The first kappa shape index (κ1) is 17.7. The Morgan fingerprint density at radius 1 is 1.08 bits per heavy atom. The van der Waals surface area contributed by atoms with Gasteiger partial charge in [-0.15, -0.1) is 0 Å². The number of aryl methyl sites for hydroxylation is 2. The molecule has 130 valence electrons. The van der Waals surface area contributed by atoms with Gasteiger partial charge in [0.05, 0.1) is 4.90 Å². The molecule has 0 aliphatic rings. The molecule has 7 heteroatoms. The Hall–Kier alpha value is -2.15. The van der Waals surface area contributed by atoms with Gasteiger partial charge in [-0.05, 0) is 36.8 Å². The van der Waals surface area contributed by atoms with Gasteiger partial charge in [0.1, 0.15) is 11.9 Å². The minimum atomic E-state index is -3.71. The third-order valence-corrected chi connectivity index (χ3v) is 5.62. The van der Waals surface area contributed by atoms with Crippen molar-refractivity contribution in [2.24, 2.45) is 7.05 Å². The number of nitrogens with zero attached hydrogens (tertiary/aromatic N) is 2. The van der Waals surface area contributed by atoms with Crippen LogP contribution in [0.25, 0.3) is 0 Å². The summed E-state index contributed by atoms with van der Waals surface area (Å²) >= 11 is 5.96. The first-order valence-electron chi connectivity index (χ1n) is 7.68. The Balaban J connectivity index is 2.02. The Morgan fingerprint density at radius 3 is 2.28 bits per heavy atom. The van der Waals surface area contributed by atoms with Crippen molar-refractivity contribution in [2.75, 3.05) is 0 Å².